The number of ether oxygens (including phenoxy) is 1. The average molecular weight is 533 g/mol. The third-order valence-electron chi connectivity index (χ3n) is 5.67. The molecule has 194 valence electrons. The van der Waals surface area contributed by atoms with E-state index in [4.69, 9.17) is 18.3 Å². The third-order valence-corrected chi connectivity index (χ3v) is 7.74. The van der Waals surface area contributed by atoms with Gasteiger partial charge in [-0.15, -0.1) is 11.8 Å². The summed E-state index contributed by atoms with van der Waals surface area (Å²) in [6.45, 7) is 7.62. The highest BCUT2D eigenvalue weighted by atomic mass is 32.2. The van der Waals surface area contributed by atoms with E-state index in [9.17, 15) is 9.18 Å². The Morgan fingerprint density at radius 1 is 0.972 bits per heavy atom. The molecule has 2 aromatic rings. The number of benzene rings is 2. The molecular weight excluding hydrogens is 498 g/mol. The van der Waals surface area contributed by atoms with E-state index in [-0.39, 0.29) is 18.2 Å². The molecule has 0 aromatic heterocycles. The van der Waals surface area contributed by atoms with Crippen LogP contribution in [0.3, 0.4) is 0 Å². The molecule has 0 aliphatic heterocycles. The quantitative estimate of drug-likeness (QED) is 0.107. The van der Waals surface area contributed by atoms with Crippen LogP contribution in [0.5, 0.6) is 0 Å². The normalized spacial score (nSPS) is 14.1. The van der Waals surface area contributed by atoms with Gasteiger partial charge in [-0.2, -0.15) is 0 Å². The maximum atomic E-state index is 14.1. The number of esters is 1. The Balaban J connectivity index is 1.60. The van der Waals surface area contributed by atoms with Crippen LogP contribution in [0.15, 0.2) is 52.9 Å². The lowest BCUT2D eigenvalue weighted by Gasteiger charge is -2.14. The molecule has 0 saturated carbocycles. The maximum Gasteiger partial charge on any atom is 0.332 e. The number of unbranched alkanes of at least 4 members (excludes halogenated alkanes) is 1. The van der Waals surface area contributed by atoms with Crippen molar-refractivity contribution in [3.8, 4) is 0 Å². The van der Waals surface area contributed by atoms with Crippen molar-refractivity contribution >= 4 is 43.6 Å². The first-order chi connectivity index (χ1) is 17.5. The molecule has 0 bridgehead atoms. The van der Waals surface area contributed by atoms with Crippen LogP contribution in [-0.4, -0.2) is 38.7 Å². The first kappa shape index (κ1) is 28.5. The molecule has 0 fully saturated rings. The number of carbonyl (C=O) groups excluding carboxylic acids is 1. The molecule has 0 amide bonds. The van der Waals surface area contributed by atoms with Crippen molar-refractivity contribution in [3.05, 3.63) is 70.5 Å². The smallest absolute Gasteiger partial charge is 0.332 e. The number of halogens is 1. The zero-order valence-corrected chi connectivity index (χ0v) is 23.1. The minimum atomic E-state index is -1.31. The third kappa shape index (κ3) is 7.99. The van der Waals surface area contributed by atoms with Gasteiger partial charge in [0.05, 0.1) is 32.8 Å². The van der Waals surface area contributed by atoms with E-state index in [1.165, 1.54) is 17.0 Å². The van der Waals surface area contributed by atoms with Crippen molar-refractivity contribution in [3.63, 3.8) is 0 Å². The van der Waals surface area contributed by atoms with Crippen LogP contribution in [0.4, 0.5) is 4.39 Å². The summed E-state index contributed by atoms with van der Waals surface area (Å²) in [4.78, 5) is 13.8. The van der Waals surface area contributed by atoms with Crippen molar-refractivity contribution in [2.75, 3.05) is 32.7 Å². The predicted molar refractivity (Wildman–Crippen MR) is 146 cm³/mol. The van der Waals surface area contributed by atoms with Gasteiger partial charge in [-0.1, -0.05) is 18.2 Å². The molecule has 2 aromatic carbocycles. The first-order valence-corrected chi connectivity index (χ1v) is 14.5. The summed E-state index contributed by atoms with van der Waals surface area (Å²) in [5.41, 5.74) is 5.52. The van der Waals surface area contributed by atoms with Crippen molar-refractivity contribution in [1.82, 2.24) is 0 Å². The molecule has 0 N–H and O–H groups in total. The zero-order chi connectivity index (χ0) is 25.9. The standard InChI is InChI=1S/C28H34FO5PS/c1-5-32-35(33-6-2)34-16-8-7-15-31-28(30)19-26-20(3)25(24-14-11-22(29)18-27(24)26)17-21-9-12-23(36-4)13-10-21/h9-14,17-18H,5-8,15-16,19H2,1-4H3/b25-17-. The summed E-state index contributed by atoms with van der Waals surface area (Å²) in [6, 6.07) is 13.0. The van der Waals surface area contributed by atoms with E-state index in [2.05, 4.69) is 30.3 Å². The molecule has 1 aliphatic rings. The first-order valence-electron chi connectivity index (χ1n) is 12.2. The van der Waals surface area contributed by atoms with Gasteiger partial charge < -0.3 is 18.3 Å². The van der Waals surface area contributed by atoms with Gasteiger partial charge in [0.15, 0.2) is 0 Å². The number of carbonyl (C=O) groups is 1. The lowest BCUT2D eigenvalue weighted by Crippen LogP contribution is -2.07. The number of rotatable bonds is 14. The van der Waals surface area contributed by atoms with E-state index in [1.807, 2.05) is 27.0 Å². The average Bonchev–Trinajstić information content (AvgIpc) is 3.11. The van der Waals surface area contributed by atoms with Crippen molar-refractivity contribution < 1.29 is 27.5 Å². The molecule has 0 saturated heterocycles. The molecule has 0 atom stereocenters. The molecule has 3 rings (SSSR count). The Hall–Kier alpha value is -2.02. The van der Waals surface area contributed by atoms with Gasteiger partial charge >= 0.3 is 14.6 Å². The van der Waals surface area contributed by atoms with E-state index < -0.39 is 8.60 Å². The molecule has 0 heterocycles. The molecule has 0 radical (unpaired) electrons. The summed E-state index contributed by atoms with van der Waals surface area (Å²) in [5, 5.41) is 0. The van der Waals surface area contributed by atoms with Crippen LogP contribution in [0.25, 0.3) is 17.2 Å². The van der Waals surface area contributed by atoms with Crippen molar-refractivity contribution in [2.45, 2.75) is 44.9 Å². The van der Waals surface area contributed by atoms with Crippen LogP contribution in [0.1, 0.15) is 56.7 Å². The number of allylic oxidation sites excluding steroid dienone is 2. The largest absolute Gasteiger partial charge is 0.465 e. The van der Waals surface area contributed by atoms with Crippen molar-refractivity contribution in [2.24, 2.45) is 0 Å². The molecule has 36 heavy (non-hydrogen) atoms. The van der Waals surface area contributed by atoms with Gasteiger partial charge in [0, 0.05) is 4.90 Å². The van der Waals surface area contributed by atoms with E-state index in [0.29, 0.717) is 32.8 Å². The summed E-state index contributed by atoms with van der Waals surface area (Å²) in [6.07, 6.45) is 5.63. The Kier molecular flexibility index (Phi) is 11.6. The Morgan fingerprint density at radius 2 is 1.67 bits per heavy atom. The number of hydrogen-bond acceptors (Lipinski definition) is 6. The van der Waals surface area contributed by atoms with E-state index >= 15 is 0 Å². The monoisotopic (exact) mass is 532 g/mol. The fraction of sp³-hybridized carbons (Fsp3) is 0.393. The fourth-order valence-corrected chi connectivity index (χ4v) is 5.23. The highest BCUT2D eigenvalue weighted by Gasteiger charge is 2.26. The lowest BCUT2D eigenvalue weighted by molar-refractivity contribution is -0.142. The van der Waals surface area contributed by atoms with Gasteiger partial charge in [-0.25, -0.2) is 4.39 Å². The SMILES string of the molecule is CCOP(OCC)OCCCCOC(=O)CC1=C(C)/C(=C/c2ccc(SC)cc2)c2ccc(F)cc21. The zero-order valence-electron chi connectivity index (χ0n) is 21.3. The van der Waals surface area contributed by atoms with Gasteiger partial charge in [0.2, 0.25) is 0 Å². The molecule has 0 unspecified atom stereocenters. The van der Waals surface area contributed by atoms with Gasteiger partial charge in [0.25, 0.3) is 0 Å². The summed E-state index contributed by atoms with van der Waals surface area (Å²) >= 11 is 1.69. The second-order valence-corrected chi connectivity index (χ2v) is 10.2. The topological polar surface area (TPSA) is 54.0 Å². The van der Waals surface area contributed by atoms with Crippen LogP contribution in [0.2, 0.25) is 0 Å². The van der Waals surface area contributed by atoms with Gasteiger partial charge in [-0.3, -0.25) is 4.79 Å². The number of fused-ring (bicyclic) bond motifs is 1. The molecule has 8 heteroatoms. The van der Waals surface area contributed by atoms with Crippen LogP contribution in [-0.2, 0) is 23.1 Å². The predicted octanol–water partition coefficient (Wildman–Crippen LogP) is 7.91. The van der Waals surface area contributed by atoms with Gasteiger partial charge in [-0.05, 0) is 104 Å². The number of hydrogen-bond donors (Lipinski definition) is 0. The number of thioether (sulfide) groups is 1. The minimum absolute atomic E-state index is 0.0987. The second kappa shape index (κ2) is 14.7. The Labute approximate surface area is 219 Å². The summed E-state index contributed by atoms with van der Waals surface area (Å²) in [7, 11) is -1.31. The van der Waals surface area contributed by atoms with E-state index in [1.54, 1.807) is 17.8 Å². The van der Waals surface area contributed by atoms with E-state index in [0.717, 1.165) is 39.8 Å². The van der Waals surface area contributed by atoms with Crippen LogP contribution >= 0.6 is 20.4 Å². The molecule has 1 aliphatic carbocycles. The highest BCUT2D eigenvalue weighted by Crippen LogP contribution is 2.44. The Bertz CT molecular complexity index is 1080. The molecular formula is C28H34FO5PS. The van der Waals surface area contributed by atoms with Gasteiger partial charge in [0.1, 0.15) is 5.82 Å². The summed E-state index contributed by atoms with van der Waals surface area (Å²) in [5.74, 6) is -0.644. The second-order valence-electron chi connectivity index (χ2n) is 8.12. The lowest BCUT2D eigenvalue weighted by atomic mass is 10.0. The Morgan fingerprint density at radius 3 is 2.33 bits per heavy atom. The highest BCUT2D eigenvalue weighted by molar-refractivity contribution is 7.98. The van der Waals surface area contributed by atoms with Crippen molar-refractivity contribution in [1.29, 1.82) is 0 Å². The molecule has 5 nitrogen and oxygen atoms in total. The summed E-state index contributed by atoms with van der Waals surface area (Å²) < 4.78 is 36.0. The molecule has 0 spiro atoms. The minimum Gasteiger partial charge on any atom is -0.465 e. The van der Waals surface area contributed by atoms with Crippen LogP contribution < -0.4 is 0 Å². The van der Waals surface area contributed by atoms with Crippen LogP contribution in [0, 0.1) is 5.82 Å². The maximum absolute atomic E-state index is 14.1. The fourth-order valence-electron chi connectivity index (χ4n) is 3.90.